The first-order valence-electron chi connectivity index (χ1n) is 7.28. The van der Waals surface area contributed by atoms with Crippen molar-refractivity contribution in [2.45, 2.75) is 71.1 Å². The summed E-state index contributed by atoms with van der Waals surface area (Å²) in [7, 11) is 0. The Labute approximate surface area is 107 Å². The zero-order chi connectivity index (χ0) is 12.7. The Morgan fingerprint density at radius 3 is 2.71 bits per heavy atom. The minimum absolute atomic E-state index is 0.195. The van der Waals surface area contributed by atoms with Crippen LogP contribution in [0.3, 0.4) is 0 Å². The molecule has 0 aromatic carbocycles. The third-order valence-corrected chi connectivity index (χ3v) is 3.58. The van der Waals surface area contributed by atoms with Gasteiger partial charge in [0.05, 0.1) is 6.10 Å². The van der Waals surface area contributed by atoms with Crippen LogP contribution >= 0.6 is 0 Å². The molecular formula is C14H30N2O. The van der Waals surface area contributed by atoms with Crippen LogP contribution in [0.15, 0.2) is 0 Å². The van der Waals surface area contributed by atoms with E-state index in [9.17, 15) is 5.11 Å². The molecule has 0 saturated carbocycles. The Balaban J connectivity index is 2.26. The van der Waals surface area contributed by atoms with E-state index in [-0.39, 0.29) is 6.10 Å². The number of aliphatic hydroxyl groups excluding tert-OH is 1. The topological polar surface area (TPSA) is 35.5 Å². The van der Waals surface area contributed by atoms with E-state index in [0.717, 1.165) is 6.42 Å². The van der Waals surface area contributed by atoms with Gasteiger partial charge in [0.25, 0.3) is 0 Å². The Bertz CT molecular complexity index is 197. The van der Waals surface area contributed by atoms with E-state index in [1.165, 1.54) is 45.3 Å². The van der Waals surface area contributed by atoms with Gasteiger partial charge in [-0.05, 0) is 65.6 Å². The van der Waals surface area contributed by atoms with Crippen molar-refractivity contribution in [3.8, 4) is 0 Å². The largest absolute Gasteiger partial charge is 0.393 e. The molecule has 1 rings (SSSR count). The van der Waals surface area contributed by atoms with Crippen LogP contribution in [-0.2, 0) is 0 Å². The van der Waals surface area contributed by atoms with Crippen LogP contribution in [0, 0.1) is 0 Å². The van der Waals surface area contributed by atoms with Crippen LogP contribution in [0.5, 0.6) is 0 Å². The molecule has 0 aromatic rings. The molecule has 1 heterocycles. The molecule has 3 heteroatoms. The Morgan fingerprint density at radius 1 is 1.29 bits per heavy atom. The van der Waals surface area contributed by atoms with Crippen molar-refractivity contribution in [2.24, 2.45) is 0 Å². The minimum atomic E-state index is -0.195. The van der Waals surface area contributed by atoms with Crippen LogP contribution < -0.4 is 5.32 Å². The molecule has 2 N–H and O–H groups in total. The third-order valence-electron chi connectivity index (χ3n) is 3.58. The maximum Gasteiger partial charge on any atom is 0.0526 e. The first kappa shape index (κ1) is 14.9. The summed E-state index contributed by atoms with van der Waals surface area (Å²) in [5, 5.41) is 13.0. The van der Waals surface area contributed by atoms with Gasteiger partial charge in [-0.3, -0.25) is 0 Å². The monoisotopic (exact) mass is 242 g/mol. The van der Waals surface area contributed by atoms with E-state index in [2.05, 4.69) is 24.1 Å². The zero-order valence-corrected chi connectivity index (χ0v) is 11.8. The van der Waals surface area contributed by atoms with Gasteiger partial charge in [0.2, 0.25) is 0 Å². The molecule has 3 unspecified atom stereocenters. The van der Waals surface area contributed by atoms with Crippen molar-refractivity contribution in [1.29, 1.82) is 0 Å². The molecule has 1 aliphatic rings. The molecule has 0 aliphatic carbocycles. The van der Waals surface area contributed by atoms with Gasteiger partial charge in [-0.25, -0.2) is 0 Å². The summed E-state index contributed by atoms with van der Waals surface area (Å²) in [5.74, 6) is 0. The standard InChI is InChI=1S/C14H30N2O/c1-4-8-16-9-5-6-14(7-10-16)15-12(2)11-13(3)17/h12-15,17H,4-11H2,1-3H3. The van der Waals surface area contributed by atoms with Crippen molar-refractivity contribution in [2.75, 3.05) is 19.6 Å². The number of likely N-dealkylation sites (tertiary alicyclic amines) is 1. The predicted octanol–water partition coefficient (Wildman–Crippen LogP) is 2.00. The highest BCUT2D eigenvalue weighted by Crippen LogP contribution is 2.12. The molecule has 0 aromatic heterocycles. The van der Waals surface area contributed by atoms with Gasteiger partial charge in [0.15, 0.2) is 0 Å². The highest BCUT2D eigenvalue weighted by Gasteiger charge is 2.18. The molecular weight excluding hydrogens is 212 g/mol. The van der Waals surface area contributed by atoms with Crippen molar-refractivity contribution in [3.05, 3.63) is 0 Å². The molecule has 0 bridgehead atoms. The van der Waals surface area contributed by atoms with E-state index in [1.807, 2.05) is 6.92 Å². The molecule has 3 nitrogen and oxygen atoms in total. The Hall–Kier alpha value is -0.120. The number of aliphatic hydroxyl groups is 1. The molecule has 102 valence electrons. The van der Waals surface area contributed by atoms with Gasteiger partial charge in [0, 0.05) is 12.1 Å². The van der Waals surface area contributed by atoms with Crippen LogP contribution in [0.1, 0.15) is 52.9 Å². The molecule has 0 amide bonds. The molecule has 3 atom stereocenters. The second-order valence-electron chi connectivity index (χ2n) is 5.62. The second-order valence-corrected chi connectivity index (χ2v) is 5.62. The second kappa shape index (κ2) is 8.06. The molecule has 0 radical (unpaired) electrons. The fraction of sp³-hybridized carbons (Fsp3) is 1.00. The van der Waals surface area contributed by atoms with E-state index in [1.54, 1.807) is 0 Å². The summed E-state index contributed by atoms with van der Waals surface area (Å²) in [6.07, 6.45) is 5.76. The fourth-order valence-corrected chi connectivity index (χ4v) is 2.84. The quantitative estimate of drug-likeness (QED) is 0.748. The van der Waals surface area contributed by atoms with E-state index >= 15 is 0 Å². The van der Waals surface area contributed by atoms with Crippen LogP contribution in [-0.4, -0.2) is 47.8 Å². The van der Waals surface area contributed by atoms with Gasteiger partial charge < -0.3 is 15.3 Å². The average Bonchev–Trinajstić information content (AvgIpc) is 2.43. The van der Waals surface area contributed by atoms with Gasteiger partial charge in [-0.2, -0.15) is 0 Å². The number of hydrogen-bond donors (Lipinski definition) is 2. The predicted molar refractivity (Wildman–Crippen MR) is 73.3 cm³/mol. The van der Waals surface area contributed by atoms with Crippen LogP contribution in [0.25, 0.3) is 0 Å². The van der Waals surface area contributed by atoms with Crippen molar-refractivity contribution >= 4 is 0 Å². The highest BCUT2D eigenvalue weighted by atomic mass is 16.3. The summed E-state index contributed by atoms with van der Waals surface area (Å²) in [6.45, 7) is 10.0. The minimum Gasteiger partial charge on any atom is -0.393 e. The normalized spacial score (nSPS) is 26.5. The molecule has 1 saturated heterocycles. The number of nitrogens with one attached hydrogen (secondary N) is 1. The Kier molecular flexibility index (Phi) is 7.09. The zero-order valence-electron chi connectivity index (χ0n) is 11.8. The third kappa shape index (κ3) is 6.39. The first-order chi connectivity index (χ1) is 8.11. The highest BCUT2D eigenvalue weighted by molar-refractivity contribution is 4.77. The van der Waals surface area contributed by atoms with Crippen molar-refractivity contribution in [1.82, 2.24) is 10.2 Å². The fourth-order valence-electron chi connectivity index (χ4n) is 2.84. The average molecular weight is 242 g/mol. The van der Waals surface area contributed by atoms with Gasteiger partial charge in [-0.1, -0.05) is 6.92 Å². The summed E-state index contributed by atoms with van der Waals surface area (Å²) in [4.78, 5) is 2.58. The molecule has 1 aliphatic heterocycles. The summed E-state index contributed by atoms with van der Waals surface area (Å²) in [6, 6.07) is 1.07. The smallest absolute Gasteiger partial charge is 0.0526 e. The van der Waals surface area contributed by atoms with E-state index in [0.29, 0.717) is 12.1 Å². The molecule has 17 heavy (non-hydrogen) atoms. The lowest BCUT2D eigenvalue weighted by Crippen LogP contribution is -2.38. The van der Waals surface area contributed by atoms with E-state index < -0.39 is 0 Å². The lowest BCUT2D eigenvalue weighted by atomic mass is 10.1. The number of hydrogen-bond acceptors (Lipinski definition) is 3. The van der Waals surface area contributed by atoms with Gasteiger partial charge >= 0.3 is 0 Å². The maximum atomic E-state index is 9.37. The number of rotatable bonds is 6. The summed E-state index contributed by atoms with van der Waals surface area (Å²) in [5.41, 5.74) is 0. The molecule has 0 spiro atoms. The number of nitrogens with zero attached hydrogens (tertiary/aromatic N) is 1. The SMILES string of the molecule is CCCN1CCCC(NC(C)CC(C)O)CC1. The maximum absolute atomic E-state index is 9.37. The van der Waals surface area contributed by atoms with E-state index in [4.69, 9.17) is 0 Å². The lowest BCUT2D eigenvalue weighted by Gasteiger charge is -2.23. The van der Waals surface area contributed by atoms with Crippen LogP contribution in [0.4, 0.5) is 0 Å². The Morgan fingerprint density at radius 2 is 2.06 bits per heavy atom. The van der Waals surface area contributed by atoms with Crippen LogP contribution in [0.2, 0.25) is 0 Å². The van der Waals surface area contributed by atoms with Crippen molar-refractivity contribution in [3.63, 3.8) is 0 Å². The first-order valence-corrected chi connectivity index (χ1v) is 7.28. The van der Waals surface area contributed by atoms with Gasteiger partial charge in [-0.15, -0.1) is 0 Å². The lowest BCUT2D eigenvalue weighted by molar-refractivity contribution is 0.166. The summed E-state index contributed by atoms with van der Waals surface area (Å²) >= 11 is 0. The molecule has 1 fully saturated rings. The van der Waals surface area contributed by atoms with Crippen molar-refractivity contribution < 1.29 is 5.11 Å². The summed E-state index contributed by atoms with van der Waals surface area (Å²) < 4.78 is 0. The van der Waals surface area contributed by atoms with Gasteiger partial charge in [0.1, 0.15) is 0 Å².